The second-order valence-electron chi connectivity index (χ2n) is 6.80. The SMILES string of the molecule is c1ccc(P(=C2CCCCC2)(c2ccccc2)c2ccccc2)cc1. The molecule has 1 aliphatic carbocycles. The quantitative estimate of drug-likeness (QED) is 0.579. The molecule has 1 fully saturated rings. The Morgan fingerprint density at radius 3 is 1.16 bits per heavy atom. The fourth-order valence-corrected chi connectivity index (χ4v) is 9.08. The highest BCUT2D eigenvalue weighted by Crippen LogP contribution is 2.48. The van der Waals surface area contributed by atoms with Crippen molar-refractivity contribution in [2.24, 2.45) is 0 Å². The average molecular weight is 344 g/mol. The van der Waals surface area contributed by atoms with Gasteiger partial charge in [-0.2, -0.15) is 0 Å². The van der Waals surface area contributed by atoms with Crippen LogP contribution in [0.15, 0.2) is 91.0 Å². The molecule has 0 N–H and O–H groups in total. The van der Waals surface area contributed by atoms with Gasteiger partial charge >= 0.3 is 0 Å². The van der Waals surface area contributed by atoms with Gasteiger partial charge in [-0.15, -0.1) is 0 Å². The Balaban J connectivity index is 2.13. The van der Waals surface area contributed by atoms with Crippen LogP contribution in [0.1, 0.15) is 32.1 Å². The Hall–Kier alpha value is -2.04. The second kappa shape index (κ2) is 7.46. The van der Waals surface area contributed by atoms with Crippen LogP contribution >= 0.6 is 6.89 Å². The van der Waals surface area contributed by atoms with Crippen molar-refractivity contribution in [3.63, 3.8) is 0 Å². The van der Waals surface area contributed by atoms with Crippen molar-refractivity contribution in [2.45, 2.75) is 32.1 Å². The van der Waals surface area contributed by atoms with E-state index in [0.717, 1.165) is 0 Å². The third-order valence-corrected chi connectivity index (χ3v) is 9.95. The van der Waals surface area contributed by atoms with Gasteiger partial charge in [0.2, 0.25) is 0 Å². The summed E-state index contributed by atoms with van der Waals surface area (Å²) >= 11 is 0. The van der Waals surface area contributed by atoms with E-state index in [1.165, 1.54) is 48.0 Å². The van der Waals surface area contributed by atoms with Gasteiger partial charge in [0.25, 0.3) is 0 Å². The maximum Gasteiger partial charge on any atom is -0.0161 e. The number of rotatable bonds is 3. The zero-order valence-electron chi connectivity index (χ0n) is 14.6. The minimum Gasteiger partial charge on any atom is -0.0622 e. The molecular weight excluding hydrogens is 319 g/mol. The highest BCUT2D eigenvalue weighted by atomic mass is 31.2. The van der Waals surface area contributed by atoms with Crippen LogP contribution in [-0.4, -0.2) is 5.29 Å². The monoisotopic (exact) mass is 344 g/mol. The highest BCUT2D eigenvalue weighted by molar-refractivity contribution is 7.95. The molecule has 0 unspecified atom stereocenters. The molecule has 1 heteroatoms. The molecule has 25 heavy (non-hydrogen) atoms. The fourth-order valence-electron chi connectivity index (χ4n) is 4.25. The smallest absolute Gasteiger partial charge is 0.0161 e. The molecule has 3 aromatic rings. The van der Waals surface area contributed by atoms with Crippen molar-refractivity contribution >= 4 is 28.1 Å². The average Bonchev–Trinajstić information content (AvgIpc) is 2.72. The van der Waals surface area contributed by atoms with E-state index in [4.69, 9.17) is 0 Å². The Bertz CT molecular complexity index is 752. The first-order valence-corrected chi connectivity index (χ1v) is 11.1. The van der Waals surface area contributed by atoms with Crippen molar-refractivity contribution < 1.29 is 0 Å². The van der Waals surface area contributed by atoms with Gasteiger partial charge in [0.05, 0.1) is 0 Å². The van der Waals surface area contributed by atoms with Crippen LogP contribution in [0.2, 0.25) is 0 Å². The molecule has 0 heterocycles. The van der Waals surface area contributed by atoms with E-state index in [-0.39, 0.29) is 0 Å². The van der Waals surface area contributed by atoms with Crippen molar-refractivity contribution in [1.29, 1.82) is 0 Å². The molecule has 0 spiro atoms. The molecule has 4 rings (SSSR count). The molecule has 0 atom stereocenters. The summed E-state index contributed by atoms with van der Waals surface area (Å²) in [6, 6.07) is 33.8. The summed E-state index contributed by atoms with van der Waals surface area (Å²) < 4.78 is 0. The van der Waals surface area contributed by atoms with E-state index in [1.807, 2.05) is 0 Å². The Labute approximate surface area is 151 Å². The molecule has 0 saturated heterocycles. The summed E-state index contributed by atoms with van der Waals surface area (Å²) in [5, 5.41) is 6.29. The Kier molecular flexibility index (Phi) is 4.90. The molecule has 3 aromatic carbocycles. The van der Waals surface area contributed by atoms with Crippen LogP contribution in [0, 0.1) is 0 Å². The predicted molar refractivity (Wildman–Crippen MR) is 113 cm³/mol. The summed E-state index contributed by atoms with van der Waals surface area (Å²) in [5.74, 6) is 0. The first kappa shape index (κ1) is 16.4. The van der Waals surface area contributed by atoms with Crippen molar-refractivity contribution in [2.75, 3.05) is 0 Å². The Morgan fingerprint density at radius 1 is 0.440 bits per heavy atom. The lowest BCUT2D eigenvalue weighted by molar-refractivity contribution is 0.674. The minimum atomic E-state index is -1.71. The molecule has 126 valence electrons. The van der Waals surface area contributed by atoms with Gasteiger partial charge in [0.1, 0.15) is 0 Å². The van der Waals surface area contributed by atoms with Crippen LogP contribution in [0.25, 0.3) is 0 Å². The van der Waals surface area contributed by atoms with E-state index >= 15 is 0 Å². The van der Waals surface area contributed by atoms with E-state index in [2.05, 4.69) is 91.0 Å². The van der Waals surface area contributed by atoms with E-state index in [1.54, 1.807) is 5.29 Å². The van der Waals surface area contributed by atoms with Gasteiger partial charge < -0.3 is 0 Å². The maximum atomic E-state index is 2.36. The molecule has 0 radical (unpaired) electrons. The molecule has 0 nitrogen and oxygen atoms in total. The summed E-state index contributed by atoms with van der Waals surface area (Å²) in [5.41, 5.74) is 0. The van der Waals surface area contributed by atoms with Crippen molar-refractivity contribution in [3.8, 4) is 0 Å². The lowest BCUT2D eigenvalue weighted by Gasteiger charge is -2.34. The standard InChI is InChI=1S/C24H25P/c1-5-13-21(14-6-1)25(22-15-7-2-8-16-22,23-17-9-3-10-18-23)24-19-11-4-12-20-24/h1-3,5-10,13-18H,4,11-12,19-20H2. The summed E-state index contributed by atoms with van der Waals surface area (Å²) in [6.07, 6.45) is 6.59. The molecule has 1 aliphatic rings. The molecular formula is C24H25P. The zero-order valence-corrected chi connectivity index (χ0v) is 15.5. The lowest BCUT2D eigenvalue weighted by Crippen LogP contribution is -2.31. The summed E-state index contributed by atoms with van der Waals surface area (Å²) in [4.78, 5) is 0. The van der Waals surface area contributed by atoms with Crippen LogP contribution in [-0.2, 0) is 0 Å². The molecule has 0 aliphatic heterocycles. The normalized spacial score (nSPS) is 15.1. The van der Waals surface area contributed by atoms with Gasteiger partial charge in [-0.25, -0.2) is 0 Å². The molecule has 0 amide bonds. The fraction of sp³-hybridized carbons (Fsp3) is 0.208. The summed E-state index contributed by atoms with van der Waals surface area (Å²) in [6.45, 7) is -1.71. The van der Waals surface area contributed by atoms with Crippen LogP contribution in [0.5, 0.6) is 0 Å². The van der Waals surface area contributed by atoms with E-state index in [0.29, 0.717) is 0 Å². The van der Waals surface area contributed by atoms with E-state index in [9.17, 15) is 0 Å². The highest BCUT2D eigenvalue weighted by Gasteiger charge is 2.29. The minimum absolute atomic E-state index is 1.27. The second-order valence-corrected chi connectivity index (χ2v) is 10.3. The third kappa shape index (κ3) is 3.00. The van der Waals surface area contributed by atoms with Crippen LogP contribution < -0.4 is 15.9 Å². The molecule has 0 bridgehead atoms. The van der Waals surface area contributed by atoms with E-state index < -0.39 is 6.89 Å². The van der Waals surface area contributed by atoms with Gasteiger partial charge in [-0.3, -0.25) is 0 Å². The molecule has 0 aromatic heterocycles. The largest absolute Gasteiger partial charge is 0.0622 e. The number of hydrogen-bond donors (Lipinski definition) is 0. The number of hydrogen-bond acceptors (Lipinski definition) is 0. The topological polar surface area (TPSA) is 0 Å². The van der Waals surface area contributed by atoms with Gasteiger partial charge in [0, 0.05) is 0 Å². The van der Waals surface area contributed by atoms with Gasteiger partial charge in [0.15, 0.2) is 0 Å². The Morgan fingerprint density at radius 2 is 0.800 bits per heavy atom. The predicted octanol–water partition coefficient (Wildman–Crippen LogP) is 5.12. The van der Waals surface area contributed by atoms with Crippen molar-refractivity contribution in [3.05, 3.63) is 91.0 Å². The summed E-state index contributed by atoms with van der Waals surface area (Å²) in [7, 11) is 0. The maximum absolute atomic E-state index is 2.36. The number of benzene rings is 3. The first-order chi connectivity index (χ1) is 12.4. The van der Waals surface area contributed by atoms with Crippen molar-refractivity contribution in [1.82, 2.24) is 0 Å². The van der Waals surface area contributed by atoms with Gasteiger partial charge in [-0.1, -0.05) is 103 Å². The third-order valence-electron chi connectivity index (χ3n) is 5.34. The van der Waals surface area contributed by atoms with Gasteiger partial charge in [-0.05, 0) is 48.5 Å². The molecule has 1 saturated carbocycles. The van der Waals surface area contributed by atoms with Crippen LogP contribution in [0.4, 0.5) is 0 Å². The lowest BCUT2D eigenvalue weighted by atomic mass is 10.0. The zero-order chi connectivity index (χ0) is 17.0. The van der Waals surface area contributed by atoms with Crippen LogP contribution in [0.3, 0.4) is 0 Å². The first-order valence-electron chi connectivity index (χ1n) is 9.33.